The van der Waals surface area contributed by atoms with Crippen molar-refractivity contribution in [3.05, 3.63) is 75.9 Å². The minimum absolute atomic E-state index is 0.215. The SMILES string of the molecule is Cc1ccc(C=C2NC(=O)N(Cc3ccc(Cl)cc3)C2=O)cc1. The summed E-state index contributed by atoms with van der Waals surface area (Å²) in [4.78, 5) is 25.6. The second-order valence-electron chi connectivity index (χ2n) is 5.42. The molecule has 2 aromatic rings. The standard InChI is InChI=1S/C18H15ClN2O2/c1-12-2-4-13(5-3-12)10-16-17(22)21(18(23)20-16)11-14-6-8-15(19)9-7-14/h2-10H,11H2,1H3,(H,20,23). The number of aryl methyl sites for hydroxylation is 1. The Morgan fingerprint density at radius 2 is 1.70 bits per heavy atom. The fraction of sp³-hybridized carbons (Fsp3) is 0.111. The summed E-state index contributed by atoms with van der Waals surface area (Å²) in [5, 5.41) is 3.24. The molecule has 1 aliphatic rings. The molecule has 5 heteroatoms. The predicted molar refractivity (Wildman–Crippen MR) is 89.7 cm³/mol. The Morgan fingerprint density at radius 3 is 2.35 bits per heavy atom. The van der Waals surface area contributed by atoms with E-state index in [1.165, 1.54) is 4.90 Å². The number of amides is 3. The predicted octanol–water partition coefficient (Wildman–Crippen LogP) is 3.74. The molecule has 4 nitrogen and oxygen atoms in total. The maximum absolute atomic E-state index is 12.4. The highest BCUT2D eigenvalue weighted by Gasteiger charge is 2.33. The number of carbonyl (C=O) groups is 2. The van der Waals surface area contributed by atoms with Gasteiger partial charge in [0.2, 0.25) is 0 Å². The van der Waals surface area contributed by atoms with Gasteiger partial charge in [0, 0.05) is 5.02 Å². The summed E-state index contributed by atoms with van der Waals surface area (Å²) in [6.45, 7) is 2.21. The van der Waals surface area contributed by atoms with E-state index in [9.17, 15) is 9.59 Å². The van der Waals surface area contributed by atoms with Crippen LogP contribution < -0.4 is 5.32 Å². The molecular formula is C18H15ClN2O2. The number of hydrogen-bond donors (Lipinski definition) is 1. The number of hydrogen-bond acceptors (Lipinski definition) is 2. The molecule has 0 radical (unpaired) electrons. The molecule has 116 valence electrons. The van der Waals surface area contributed by atoms with Crippen LogP contribution in [0.1, 0.15) is 16.7 Å². The van der Waals surface area contributed by atoms with Crippen molar-refractivity contribution in [1.29, 1.82) is 0 Å². The third-order valence-corrected chi connectivity index (χ3v) is 3.86. The van der Waals surface area contributed by atoms with Crippen LogP contribution in [0.5, 0.6) is 0 Å². The van der Waals surface area contributed by atoms with E-state index in [4.69, 9.17) is 11.6 Å². The zero-order chi connectivity index (χ0) is 16.4. The molecule has 0 saturated carbocycles. The summed E-state index contributed by atoms with van der Waals surface area (Å²) in [6, 6.07) is 14.4. The van der Waals surface area contributed by atoms with E-state index in [-0.39, 0.29) is 18.1 Å². The summed E-state index contributed by atoms with van der Waals surface area (Å²) in [5.41, 5.74) is 3.13. The Bertz CT molecular complexity index is 780. The quantitative estimate of drug-likeness (QED) is 0.690. The molecule has 1 heterocycles. The lowest BCUT2D eigenvalue weighted by Crippen LogP contribution is -2.30. The topological polar surface area (TPSA) is 49.4 Å². The minimum Gasteiger partial charge on any atom is -0.303 e. The molecular weight excluding hydrogens is 312 g/mol. The number of nitrogens with zero attached hydrogens (tertiary/aromatic N) is 1. The Labute approximate surface area is 139 Å². The van der Waals surface area contributed by atoms with Gasteiger partial charge < -0.3 is 5.32 Å². The Kier molecular flexibility index (Phi) is 4.17. The summed E-state index contributed by atoms with van der Waals surface area (Å²) in [6.07, 6.45) is 1.68. The van der Waals surface area contributed by atoms with Crippen LogP contribution in [-0.4, -0.2) is 16.8 Å². The van der Waals surface area contributed by atoms with Gasteiger partial charge in [-0.15, -0.1) is 0 Å². The fourth-order valence-corrected chi connectivity index (χ4v) is 2.44. The van der Waals surface area contributed by atoms with E-state index in [0.29, 0.717) is 5.02 Å². The number of halogens is 1. The van der Waals surface area contributed by atoms with Crippen LogP contribution in [0, 0.1) is 6.92 Å². The van der Waals surface area contributed by atoms with Crippen molar-refractivity contribution in [1.82, 2.24) is 10.2 Å². The molecule has 0 aromatic heterocycles. The molecule has 3 amide bonds. The molecule has 0 spiro atoms. The van der Waals surface area contributed by atoms with Crippen molar-refractivity contribution in [3.8, 4) is 0 Å². The lowest BCUT2D eigenvalue weighted by molar-refractivity contribution is -0.123. The molecule has 1 saturated heterocycles. The van der Waals surface area contributed by atoms with Gasteiger partial charge in [0.1, 0.15) is 5.70 Å². The number of imide groups is 1. The van der Waals surface area contributed by atoms with Crippen molar-refractivity contribution in [2.75, 3.05) is 0 Å². The van der Waals surface area contributed by atoms with Gasteiger partial charge in [0.15, 0.2) is 0 Å². The molecule has 1 aliphatic heterocycles. The second kappa shape index (κ2) is 6.26. The summed E-state index contributed by atoms with van der Waals surface area (Å²) >= 11 is 5.84. The van der Waals surface area contributed by atoms with Crippen LogP contribution in [0.4, 0.5) is 4.79 Å². The van der Waals surface area contributed by atoms with Gasteiger partial charge in [0.05, 0.1) is 6.54 Å². The molecule has 1 N–H and O–H groups in total. The third-order valence-electron chi connectivity index (χ3n) is 3.60. The van der Waals surface area contributed by atoms with Crippen molar-refractivity contribution >= 4 is 29.6 Å². The van der Waals surface area contributed by atoms with E-state index in [0.717, 1.165) is 16.7 Å². The third kappa shape index (κ3) is 3.43. The molecule has 3 rings (SSSR count). The lowest BCUT2D eigenvalue weighted by Gasteiger charge is -2.11. The van der Waals surface area contributed by atoms with Gasteiger partial charge in [-0.1, -0.05) is 53.6 Å². The van der Waals surface area contributed by atoms with Crippen LogP contribution >= 0.6 is 11.6 Å². The molecule has 0 unspecified atom stereocenters. The monoisotopic (exact) mass is 326 g/mol. The van der Waals surface area contributed by atoms with Gasteiger partial charge in [0.25, 0.3) is 5.91 Å². The Hall–Kier alpha value is -2.59. The normalized spacial score (nSPS) is 16.1. The molecule has 0 aliphatic carbocycles. The first-order valence-electron chi connectivity index (χ1n) is 7.18. The first-order valence-corrected chi connectivity index (χ1v) is 7.56. The second-order valence-corrected chi connectivity index (χ2v) is 5.85. The van der Waals surface area contributed by atoms with Crippen LogP contribution in [0.3, 0.4) is 0 Å². The van der Waals surface area contributed by atoms with Crippen molar-refractivity contribution in [3.63, 3.8) is 0 Å². The largest absolute Gasteiger partial charge is 0.329 e. The number of urea groups is 1. The average molecular weight is 327 g/mol. The highest BCUT2D eigenvalue weighted by atomic mass is 35.5. The summed E-state index contributed by atoms with van der Waals surface area (Å²) in [7, 11) is 0. The minimum atomic E-state index is -0.414. The average Bonchev–Trinajstić information content (AvgIpc) is 2.79. The van der Waals surface area contributed by atoms with Gasteiger partial charge in [-0.3, -0.25) is 9.69 Å². The van der Waals surface area contributed by atoms with E-state index in [1.54, 1.807) is 30.3 Å². The van der Waals surface area contributed by atoms with Crippen molar-refractivity contribution in [2.45, 2.75) is 13.5 Å². The highest BCUT2D eigenvalue weighted by molar-refractivity contribution is 6.30. The number of carbonyl (C=O) groups excluding carboxylic acids is 2. The van der Waals surface area contributed by atoms with E-state index in [2.05, 4.69) is 5.32 Å². The van der Waals surface area contributed by atoms with Crippen molar-refractivity contribution < 1.29 is 9.59 Å². The van der Waals surface area contributed by atoms with E-state index >= 15 is 0 Å². The number of benzene rings is 2. The Morgan fingerprint density at radius 1 is 1.04 bits per heavy atom. The first kappa shape index (κ1) is 15.3. The lowest BCUT2D eigenvalue weighted by atomic mass is 10.1. The maximum Gasteiger partial charge on any atom is 0.329 e. The van der Waals surface area contributed by atoms with E-state index < -0.39 is 6.03 Å². The fourth-order valence-electron chi connectivity index (χ4n) is 2.32. The Balaban J connectivity index is 1.79. The van der Waals surface area contributed by atoms with Crippen molar-refractivity contribution in [2.24, 2.45) is 0 Å². The molecule has 2 aromatic carbocycles. The van der Waals surface area contributed by atoms with Gasteiger partial charge >= 0.3 is 6.03 Å². The van der Waals surface area contributed by atoms with Gasteiger partial charge in [-0.25, -0.2) is 4.79 Å². The zero-order valence-electron chi connectivity index (χ0n) is 12.5. The van der Waals surface area contributed by atoms with Crippen LogP contribution in [0.2, 0.25) is 5.02 Å². The van der Waals surface area contributed by atoms with Crippen LogP contribution in [0.15, 0.2) is 54.2 Å². The van der Waals surface area contributed by atoms with Crippen LogP contribution in [0.25, 0.3) is 6.08 Å². The number of rotatable bonds is 3. The van der Waals surface area contributed by atoms with Crippen LogP contribution in [-0.2, 0) is 11.3 Å². The summed E-state index contributed by atoms with van der Waals surface area (Å²) in [5.74, 6) is -0.328. The van der Waals surface area contributed by atoms with E-state index in [1.807, 2.05) is 31.2 Å². The van der Waals surface area contributed by atoms with Gasteiger partial charge in [-0.05, 0) is 36.3 Å². The molecule has 1 fully saturated rings. The highest BCUT2D eigenvalue weighted by Crippen LogP contribution is 2.18. The molecule has 23 heavy (non-hydrogen) atoms. The van der Waals surface area contributed by atoms with Gasteiger partial charge in [-0.2, -0.15) is 0 Å². The number of nitrogens with one attached hydrogen (secondary N) is 1. The zero-order valence-corrected chi connectivity index (χ0v) is 13.3. The maximum atomic E-state index is 12.4. The summed E-state index contributed by atoms with van der Waals surface area (Å²) < 4.78 is 0. The smallest absolute Gasteiger partial charge is 0.303 e. The molecule has 0 bridgehead atoms. The molecule has 0 atom stereocenters. The first-order chi connectivity index (χ1) is 11.0.